The summed E-state index contributed by atoms with van der Waals surface area (Å²) in [5, 5.41) is 0. The molecule has 0 fully saturated rings. The molecule has 0 atom stereocenters. The summed E-state index contributed by atoms with van der Waals surface area (Å²) >= 11 is 1.85. The number of benzene rings is 1. The Hall–Kier alpha value is -0.470. The summed E-state index contributed by atoms with van der Waals surface area (Å²) in [6.07, 6.45) is 0. The van der Waals surface area contributed by atoms with E-state index in [4.69, 9.17) is 5.73 Å². The Balaban J connectivity index is 2.81. The Bertz CT molecular complexity index is 238. The Morgan fingerprint density at radius 3 is 2.33 bits per heavy atom. The summed E-state index contributed by atoms with van der Waals surface area (Å²) in [6.45, 7) is 5.04. The van der Waals surface area contributed by atoms with Gasteiger partial charge in [0.05, 0.1) is 0 Å². The number of nitrogens with two attached hydrogens (primary N) is 1. The van der Waals surface area contributed by atoms with E-state index in [1.165, 1.54) is 16.0 Å². The molecule has 12 heavy (non-hydrogen) atoms. The smallest absolute Gasteiger partial charge is 0.0131 e. The monoisotopic (exact) mass is 181 g/mol. The summed E-state index contributed by atoms with van der Waals surface area (Å²) in [5.74, 6) is 1.01. The van der Waals surface area contributed by atoms with E-state index in [1.54, 1.807) is 0 Å². The molecule has 1 rings (SSSR count). The lowest BCUT2D eigenvalue weighted by Gasteiger charge is -2.07. The molecule has 0 saturated heterocycles. The summed E-state index contributed by atoms with van der Waals surface area (Å²) in [4.78, 5) is 1.39. The first kappa shape index (κ1) is 9.62. The van der Waals surface area contributed by atoms with Crippen LogP contribution in [-0.4, -0.2) is 12.3 Å². The number of thioether (sulfide) groups is 1. The maximum absolute atomic E-state index is 5.46. The molecule has 1 aromatic rings. The van der Waals surface area contributed by atoms with Crippen LogP contribution in [0.25, 0.3) is 0 Å². The molecule has 0 heterocycles. The molecule has 1 aromatic carbocycles. The van der Waals surface area contributed by atoms with Crippen molar-refractivity contribution in [1.29, 1.82) is 0 Å². The molecule has 0 saturated carbocycles. The highest BCUT2D eigenvalue weighted by molar-refractivity contribution is 7.99. The lowest BCUT2D eigenvalue weighted by molar-refractivity contribution is 1.14. The van der Waals surface area contributed by atoms with Gasteiger partial charge in [0.1, 0.15) is 0 Å². The minimum atomic E-state index is 0.748. The molecule has 0 aliphatic rings. The molecule has 0 radical (unpaired) electrons. The van der Waals surface area contributed by atoms with Gasteiger partial charge >= 0.3 is 0 Å². The van der Waals surface area contributed by atoms with Crippen LogP contribution in [0.5, 0.6) is 0 Å². The summed E-state index contributed by atoms with van der Waals surface area (Å²) in [5.41, 5.74) is 8.17. The zero-order valence-corrected chi connectivity index (χ0v) is 8.45. The first-order valence-corrected chi connectivity index (χ1v) is 5.13. The first-order valence-electron chi connectivity index (χ1n) is 4.15. The van der Waals surface area contributed by atoms with E-state index in [9.17, 15) is 0 Å². The Labute approximate surface area is 78.4 Å². The molecule has 0 unspecified atom stereocenters. The topological polar surface area (TPSA) is 26.0 Å². The van der Waals surface area contributed by atoms with Gasteiger partial charge < -0.3 is 5.73 Å². The molecule has 2 heteroatoms. The zero-order valence-electron chi connectivity index (χ0n) is 7.63. The van der Waals surface area contributed by atoms with E-state index in [0.717, 1.165) is 12.3 Å². The molecule has 2 N–H and O–H groups in total. The number of hydrogen-bond donors (Lipinski definition) is 1. The Morgan fingerprint density at radius 1 is 1.25 bits per heavy atom. The molecule has 0 amide bonds. The Kier molecular flexibility index (Phi) is 3.63. The highest BCUT2D eigenvalue weighted by atomic mass is 32.2. The average molecular weight is 181 g/mol. The maximum atomic E-state index is 5.46. The summed E-state index contributed by atoms with van der Waals surface area (Å²) < 4.78 is 0. The average Bonchev–Trinajstić information content (AvgIpc) is 2.04. The van der Waals surface area contributed by atoms with Crippen molar-refractivity contribution in [3.8, 4) is 0 Å². The van der Waals surface area contributed by atoms with Crippen molar-refractivity contribution in [2.75, 3.05) is 12.3 Å². The predicted molar refractivity (Wildman–Crippen MR) is 55.7 cm³/mol. The lowest BCUT2D eigenvalue weighted by Crippen LogP contribution is -2.01. The van der Waals surface area contributed by atoms with Gasteiger partial charge in [-0.05, 0) is 25.0 Å². The molecule has 1 nitrogen and oxygen atoms in total. The van der Waals surface area contributed by atoms with Crippen molar-refractivity contribution in [2.45, 2.75) is 18.7 Å². The highest BCUT2D eigenvalue weighted by Crippen LogP contribution is 2.25. The van der Waals surface area contributed by atoms with Crippen molar-refractivity contribution >= 4 is 11.8 Å². The van der Waals surface area contributed by atoms with Crippen LogP contribution in [0.3, 0.4) is 0 Å². The fourth-order valence-electron chi connectivity index (χ4n) is 1.19. The van der Waals surface area contributed by atoms with Gasteiger partial charge in [0.25, 0.3) is 0 Å². The van der Waals surface area contributed by atoms with Gasteiger partial charge in [0, 0.05) is 17.2 Å². The minimum absolute atomic E-state index is 0.748. The fraction of sp³-hybridized carbons (Fsp3) is 0.400. The highest BCUT2D eigenvalue weighted by Gasteiger charge is 2.00. The maximum Gasteiger partial charge on any atom is 0.0131 e. The quantitative estimate of drug-likeness (QED) is 0.724. The molecule has 0 bridgehead atoms. The molecule has 0 aromatic heterocycles. The van der Waals surface area contributed by atoms with Gasteiger partial charge in [0.15, 0.2) is 0 Å². The standard InChI is InChI=1S/C10H15NS/c1-8-4-3-5-9(2)10(8)12-7-6-11/h3-5H,6-7,11H2,1-2H3. The van der Waals surface area contributed by atoms with Crippen molar-refractivity contribution in [3.63, 3.8) is 0 Å². The van der Waals surface area contributed by atoms with Crippen LogP contribution < -0.4 is 5.73 Å². The van der Waals surface area contributed by atoms with Crippen LogP contribution in [0.15, 0.2) is 23.1 Å². The third kappa shape index (κ3) is 2.26. The van der Waals surface area contributed by atoms with Crippen LogP contribution in [0.1, 0.15) is 11.1 Å². The molecule has 0 spiro atoms. The number of hydrogen-bond acceptors (Lipinski definition) is 2. The van der Waals surface area contributed by atoms with Crippen molar-refractivity contribution < 1.29 is 0 Å². The third-order valence-electron chi connectivity index (χ3n) is 1.77. The first-order chi connectivity index (χ1) is 5.75. The van der Waals surface area contributed by atoms with Crippen LogP contribution >= 0.6 is 11.8 Å². The SMILES string of the molecule is Cc1cccc(C)c1SCCN. The normalized spacial score (nSPS) is 10.2. The van der Waals surface area contributed by atoms with Gasteiger partial charge in [-0.3, -0.25) is 0 Å². The second-order valence-electron chi connectivity index (χ2n) is 2.86. The molecule has 0 aliphatic heterocycles. The Morgan fingerprint density at radius 2 is 1.83 bits per heavy atom. The van der Waals surface area contributed by atoms with Crippen molar-refractivity contribution in [3.05, 3.63) is 29.3 Å². The van der Waals surface area contributed by atoms with E-state index >= 15 is 0 Å². The zero-order chi connectivity index (χ0) is 8.97. The van der Waals surface area contributed by atoms with Gasteiger partial charge in [-0.2, -0.15) is 0 Å². The molecular weight excluding hydrogens is 166 g/mol. The number of rotatable bonds is 3. The summed E-state index contributed by atoms with van der Waals surface area (Å²) in [6, 6.07) is 6.38. The van der Waals surface area contributed by atoms with Crippen LogP contribution in [-0.2, 0) is 0 Å². The van der Waals surface area contributed by atoms with Crippen LogP contribution in [0, 0.1) is 13.8 Å². The van der Waals surface area contributed by atoms with Crippen molar-refractivity contribution in [2.24, 2.45) is 5.73 Å². The fourth-order valence-corrected chi connectivity index (χ4v) is 2.10. The van der Waals surface area contributed by atoms with Gasteiger partial charge in [-0.1, -0.05) is 18.2 Å². The third-order valence-corrected chi connectivity index (χ3v) is 3.15. The van der Waals surface area contributed by atoms with Gasteiger partial charge in [-0.25, -0.2) is 0 Å². The van der Waals surface area contributed by atoms with Gasteiger partial charge in [0.2, 0.25) is 0 Å². The second-order valence-corrected chi connectivity index (χ2v) is 3.96. The van der Waals surface area contributed by atoms with Gasteiger partial charge in [-0.15, -0.1) is 11.8 Å². The van der Waals surface area contributed by atoms with E-state index in [1.807, 2.05) is 11.8 Å². The molecule has 66 valence electrons. The van der Waals surface area contributed by atoms with Crippen LogP contribution in [0.2, 0.25) is 0 Å². The molecule has 0 aliphatic carbocycles. The van der Waals surface area contributed by atoms with E-state index in [0.29, 0.717) is 0 Å². The molecular formula is C10H15NS. The van der Waals surface area contributed by atoms with E-state index in [2.05, 4.69) is 32.0 Å². The lowest BCUT2D eigenvalue weighted by atomic mass is 10.2. The van der Waals surface area contributed by atoms with Crippen LogP contribution in [0.4, 0.5) is 0 Å². The minimum Gasteiger partial charge on any atom is -0.330 e. The van der Waals surface area contributed by atoms with E-state index in [-0.39, 0.29) is 0 Å². The van der Waals surface area contributed by atoms with Crippen molar-refractivity contribution in [1.82, 2.24) is 0 Å². The largest absolute Gasteiger partial charge is 0.330 e. The van der Waals surface area contributed by atoms with E-state index < -0.39 is 0 Å². The second kappa shape index (κ2) is 4.53. The number of aryl methyl sites for hydroxylation is 2. The summed E-state index contributed by atoms with van der Waals surface area (Å²) in [7, 11) is 0. The predicted octanol–water partition coefficient (Wildman–Crippen LogP) is 2.35.